The molecule has 0 aliphatic carbocycles. The third-order valence-corrected chi connectivity index (χ3v) is 2.13. The van der Waals surface area contributed by atoms with Crippen LogP contribution in [0, 0.1) is 5.82 Å². The molecule has 1 aromatic heterocycles. The number of hydrogen-bond acceptors (Lipinski definition) is 3. The van der Waals surface area contributed by atoms with E-state index >= 15 is 0 Å². The monoisotopic (exact) mass is 205 g/mol. The summed E-state index contributed by atoms with van der Waals surface area (Å²) in [6, 6.07) is 3.98. The van der Waals surface area contributed by atoms with Crippen molar-refractivity contribution < 1.29 is 9.18 Å². The standard InChI is InChI=1S/C10H8FN3O/c1-14-10(5-12-13-14)9-4-8(11)3-2-7(9)6-15/h2-6H,1H3. The van der Waals surface area contributed by atoms with E-state index in [9.17, 15) is 9.18 Å². The average molecular weight is 205 g/mol. The van der Waals surface area contributed by atoms with Crippen molar-refractivity contribution in [3.05, 3.63) is 35.8 Å². The van der Waals surface area contributed by atoms with E-state index in [1.165, 1.54) is 29.1 Å². The third kappa shape index (κ3) is 1.63. The van der Waals surface area contributed by atoms with Crippen molar-refractivity contribution in [3.63, 3.8) is 0 Å². The summed E-state index contributed by atoms with van der Waals surface area (Å²) in [7, 11) is 1.68. The van der Waals surface area contributed by atoms with Crippen molar-refractivity contribution in [1.82, 2.24) is 15.0 Å². The zero-order chi connectivity index (χ0) is 10.8. The van der Waals surface area contributed by atoms with E-state index in [2.05, 4.69) is 10.3 Å². The minimum atomic E-state index is -0.392. The second-order valence-corrected chi connectivity index (χ2v) is 3.09. The highest BCUT2D eigenvalue weighted by atomic mass is 19.1. The van der Waals surface area contributed by atoms with Crippen LogP contribution in [0.4, 0.5) is 4.39 Å². The van der Waals surface area contributed by atoms with Crippen LogP contribution in [0.2, 0.25) is 0 Å². The second-order valence-electron chi connectivity index (χ2n) is 3.09. The molecule has 76 valence electrons. The molecule has 0 spiro atoms. The van der Waals surface area contributed by atoms with Crippen molar-refractivity contribution in [2.24, 2.45) is 7.05 Å². The van der Waals surface area contributed by atoms with E-state index < -0.39 is 5.82 Å². The van der Waals surface area contributed by atoms with Gasteiger partial charge in [0.2, 0.25) is 0 Å². The maximum Gasteiger partial charge on any atom is 0.150 e. The highest BCUT2D eigenvalue weighted by molar-refractivity contribution is 5.86. The predicted octanol–water partition coefficient (Wildman–Crippen LogP) is 1.43. The molecule has 1 aromatic carbocycles. The van der Waals surface area contributed by atoms with E-state index in [1.54, 1.807) is 7.05 Å². The minimum absolute atomic E-state index is 0.392. The zero-order valence-electron chi connectivity index (χ0n) is 8.01. The van der Waals surface area contributed by atoms with Crippen LogP contribution in [0.5, 0.6) is 0 Å². The lowest BCUT2D eigenvalue weighted by atomic mass is 10.1. The average Bonchev–Trinajstić information content (AvgIpc) is 2.64. The molecule has 15 heavy (non-hydrogen) atoms. The number of carbonyl (C=O) groups excluding carboxylic acids is 1. The molecule has 0 aliphatic heterocycles. The Kier molecular flexibility index (Phi) is 2.29. The molecule has 1 heterocycles. The Morgan fingerprint density at radius 2 is 2.27 bits per heavy atom. The normalized spacial score (nSPS) is 10.3. The van der Waals surface area contributed by atoms with Gasteiger partial charge in [-0.25, -0.2) is 9.07 Å². The summed E-state index contributed by atoms with van der Waals surface area (Å²) in [5.74, 6) is -0.392. The van der Waals surface area contributed by atoms with Crippen LogP contribution < -0.4 is 0 Å². The molecule has 0 unspecified atom stereocenters. The van der Waals surface area contributed by atoms with Crippen molar-refractivity contribution in [1.29, 1.82) is 0 Å². The lowest BCUT2D eigenvalue weighted by molar-refractivity contribution is 0.112. The van der Waals surface area contributed by atoms with Gasteiger partial charge in [0.25, 0.3) is 0 Å². The van der Waals surface area contributed by atoms with Crippen LogP contribution in [0.25, 0.3) is 11.3 Å². The smallest absolute Gasteiger partial charge is 0.150 e. The van der Waals surface area contributed by atoms with Crippen LogP contribution in [0.1, 0.15) is 10.4 Å². The number of benzene rings is 1. The van der Waals surface area contributed by atoms with E-state index in [-0.39, 0.29) is 0 Å². The summed E-state index contributed by atoms with van der Waals surface area (Å²) in [6.45, 7) is 0. The number of halogens is 1. The van der Waals surface area contributed by atoms with Crippen LogP contribution >= 0.6 is 0 Å². The number of aldehydes is 1. The molecule has 5 heteroatoms. The molecule has 0 radical (unpaired) electrons. The Hall–Kier alpha value is -2.04. The van der Waals surface area contributed by atoms with E-state index in [0.717, 1.165) is 0 Å². The van der Waals surface area contributed by atoms with Crippen LogP contribution in [-0.2, 0) is 7.05 Å². The molecule has 0 saturated carbocycles. The van der Waals surface area contributed by atoms with Gasteiger partial charge >= 0.3 is 0 Å². The Labute approximate surface area is 85.3 Å². The summed E-state index contributed by atoms with van der Waals surface area (Å²) in [5.41, 5.74) is 1.52. The lowest BCUT2D eigenvalue weighted by Crippen LogP contribution is -1.97. The largest absolute Gasteiger partial charge is 0.298 e. The number of hydrogen-bond donors (Lipinski definition) is 0. The van der Waals surface area contributed by atoms with Crippen molar-refractivity contribution in [3.8, 4) is 11.3 Å². The Balaban J connectivity index is 2.65. The van der Waals surface area contributed by atoms with Crippen LogP contribution in [0.15, 0.2) is 24.4 Å². The molecule has 0 atom stereocenters. The maximum atomic E-state index is 13.0. The quantitative estimate of drug-likeness (QED) is 0.697. The maximum absolute atomic E-state index is 13.0. The molecule has 0 saturated heterocycles. The summed E-state index contributed by atoms with van der Waals surface area (Å²) in [5, 5.41) is 7.40. The first-order valence-corrected chi connectivity index (χ1v) is 4.32. The van der Waals surface area contributed by atoms with Gasteiger partial charge in [-0.15, -0.1) is 5.10 Å². The van der Waals surface area contributed by atoms with E-state index in [1.807, 2.05) is 0 Å². The van der Waals surface area contributed by atoms with Gasteiger partial charge < -0.3 is 0 Å². The zero-order valence-corrected chi connectivity index (χ0v) is 8.01. The molecule has 4 nitrogen and oxygen atoms in total. The van der Waals surface area contributed by atoms with Gasteiger partial charge in [-0.05, 0) is 18.2 Å². The molecule has 0 fully saturated rings. The van der Waals surface area contributed by atoms with Crippen molar-refractivity contribution in [2.45, 2.75) is 0 Å². The fourth-order valence-corrected chi connectivity index (χ4v) is 1.39. The summed E-state index contributed by atoms with van der Waals surface area (Å²) < 4.78 is 14.5. The predicted molar refractivity (Wildman–Crippen MR) is 51.8 cm³/mol. The van der Waals surface area contributed by atoms with Gasteiger partial charge in [-0.2, -0.15) is 0 Å². The highest BCUT2D eigenvalue weighted by Crippen LogP contribution is 2.21. The van der Waals surface area contributed by atoms with Gasteiger partial charge in [0.1, 0.15) is 5.82 Å². The Morgan fingerprint density at radius 3 is 2.87 bits per heavy atom. The number of nitrogens with zero attached hydrogens (tertiary/aromatic N) is 3. The van der Waals surface area contributed by atoms with Gasteiger partial charge in [0, 0.05) is 18.2 Å². The topological polar surface area (TPSA) is 47.8 Å². The first-order chi connectivity index (χ1) is 7.22. The summed E-state index contributed by atoms with van der Waals surface area (Å²) in [6.07, 6.45) is 2.17. The first kappa shape index (κ1) is 9.51. The molecule has 0 bridgehead atoms. The van der Waals surface area contributed by atoms with Gasteiger partial charge in [0.15, 0.2) is 6.29 Å². The fourth-order valence-electron chi connectivity index (χ4n) is 1.39. The first-order valence-electron chi connectivity index (χ1n) is 4.32. The summed E-state index contributed by atoms with van der Waals surface area (Å²) in [4.78, 5) is 10.8. The van der Waals surface area contributed by atoms with Gasteiger partial charge in [-0.3, -0.25) is 4.79 Å². The van der Waals surface area contributed by atoms with Gasteiger partial charge in [-0.1, -0.05) is 5.21 Å². The molecule has 0 aliphatic rings. The Morgan fingerprint density at radius 1 is 1.47 bits per heavy atom. The van der Waals surface area contributed by atoms with Gasteiger partial charge in [0.05, 0.1) is 11.9 Å². The van der Waals surface area contributed by atoms with E-state index in [0.29, 0.717) is 23.1 Å². The van der Waals surface area contributed by atoms with Crippen molar-refractivity contribution in [2.75, 3.05) is 0 Å². The molecule has 0 amide bonds. The fraction of sp³-hybridized carbons (Fsp3) is 0.100. The lowest BCUT2D eigenvalue weighted by Gasteiger charge is -2.03. The van der Waals surface area contributed by atoms with Crippen LogP contribution in [0.3, 0.4) is 0 Å². The number of aryl methyl sites for hydroxylation is 1. The molecule has 2 aromatic rings. The molecule has 0 N–H and O–H groups in total. The van der Waals surface area contributed by atoms with E-state index in [4.69, 9.17) is 0 Å². The van der Waals surface area contributed by atoms with Crippen molar-refractivity contribution >= 4 is 6.29 Å². The number of rotatable bonds is 2. The SMILES string of the molecule is Cn1nncc1-c1cc(F)ccc1C=O. The van der Waals surface area contributed by atoms with Crippen LogP contribution in [-0.4, -0.2) is 21.3 Å². The minimum Gasteiger partial charge on any atom is -0.298 e. The number of carbonyl (C=O) groups is 1. The molecular weight excluding hydrogens is 197 g/mol. The second kappa shape index (κ2) is 3.61. The highest BCUT2D eigenvalue weighted by Gasteiger charge is 2.09. The summed E-state index contributed by atoms with van der Waals surface area (Å²) >= 11 is 0. The number of aromatic nitrogens is 3. The molecular formula is C10H8FN3O. The molecule has 2 rings (SSSR count). The Bertz CT molecular complexity index is 507. The third-order valence-electron chi connectivity index (χ3n) is 2.13.